The second-order valence-corrected chi connectivity index (χ2v) is 5.46. The van der Waals surface area contributed by atoms with E-state index in [9.17, 15) is 0 Å². The maximum absolute atomic E-state index is 2.40. The zero-order valence-electron chi connectivity index (χ0n) is 9.93. The molecular weight excluding hydrogens is 168 g/mol. The van der Waals surface area contributed by atoms with Crippen LogP contribution in [0.4, 0.5) is 0 Å². The normalized spacial score (nSPS) is 24.1. The Morgan fingerprint density at radius 1 is 1.14 bits per heavy atom. The van der Waals surface area contributed by atoms with Crippen LogP contribution in [0.2, 0.25) is 0 Å². The lowest BCUT2D eigenvalue weighted by Crippen LogP contribution is -2.32. The summed E-state index contributed by atoms with van der Waals surface area (Å²) in [4.78, 5) is 0. The first-order valence-electron chi connectivity index (χ1n) is 5.98. The van der Waals surface area contributed by atoms with Crippen molar-refractivity contribution in [2.75, 3.05) is 0 Å². The van der Waals surface area contributed by atoms with Crippen LogP contribution in [0.1, 0.15) is 47.0 Å². The molecule has 2 aliphatic carbocycles. The molecule has 0 heteroatoms. The van der Waals surface area contributed by atoms with Gasteiger partial charge < -0.3 is 0 Å². The van der Waals surface area contributed by atoms with Crippen molar-refractivity contribution >= 4 is 0 Å². The topological polar surface area (TPSA) is 0 Å². The Balaban J connectivity index is 2.40. The fourth-order valence-corrected chi connectivity index (χ4v) is 3.71. The molecule has 0 spiro atoms. The van der Waals surface area contributed by atoms with Crippen molar-refractivity contribution in [1.82, 2.24) is 0 Å². The molecule has 0 radical (unpaired) electrons. The van der Waals surface area contributed by atoms with Gasteiger partial charge in [0.2, 0.25) is 0 Å². The molecule has 0 saturated carbocycles. The number of hydrogen-bond donors (Lipinski definition) is 0. The zero-order valence-corrected chi connectivity index (χ0v) is 9.93. The fraction of sp³-hybridized carbons (Fsp3) is 0.714. The van der Waals surface area contributed by atoms with E-state index in [1.165, 1.54) is 19.3 Å². The summed E-state index contributed by atoms with van der Waals surface area (Å²) >= 11 is 0. The van der Waals surface area contributed by atoms with Crippen LogP contribution < -0.4 is 0 Å². The van der Waals surface area contributed by atoms with Crippen molar-refractivity contribution in [3.8, 4) is 0 Å². The van der Waals surface area contributed by atoms with E-state index in [1.807, 2.05) is 0 Å². The van der Waals surface area contributed by atoms with Crippen molar-refractivity contribution in [2.24, 2.45) is 17.3 Å². The van der Waals surface area contributed by atoms with Crippen LogP contribution >= 0.6 is 0 Å². The van der Waals surface area contributed by atoms with Crippen LogP contribution in [0.25, 0.3) is 0 Å². The quantitative estimate of drug-likeness (QED) is 0.608. The van der Waals surface area contributed by atoms with E-state index in [1.54, 1.807) is 11.1 Å². The van der Waals surface area contributed by atoms with Crippen LogP contribution in [0.3, 0.4) is 0 Å². The van der Waals surface area contributed by atoms with Crippen molar-refractivity contribution < 1.29 is 0 Å². The number of allylic oxidation sites excluding steroid dienone is 4. The average molecular weight is 190 g/mol. The standard InChI is InChI=1S/C14H22/c1-10(2)14(11(3)4)9-8-12-6-5-7-13(12)14/h5-6,10-11H,7-9H2,1-4H3. The summed E-state index contributed by atoms with van der Waals surface area (Å²) in [5.74, 6) is 1.57. The molecule has 2 aliphatic rings. The third kappa shape index (κ3) is 1.12. The summed E-state index contributed by atoms with van der Waals surface area (Å²) in [6.45, 7) is 9.59. The molecule has 0 aromatic rings. The first-order valence-corrected chi connectivity index (χ1v) is 5.98. The molecule has 0 bridgehead atoms. The highest BCUT2D eigenvalue weighted by atomic mass is 14.5. The van der Waals surface area contributed by atoms with E-state index in [4.69, 9.17) is 0 Å². The highest BCUT2D eigenvalue weighted by Gasteiger charge is 2.45. The van der Waals surface area contributed by atoms with Crippen LogP contribution in [-0.4, -0.2) is 0 Å². The van der Waals surface area contributed by atoms with Crippen molar-refractivity contribution in [3.63, 3.8) is 0 Å². The summed E-state index contributed by atoms with van der Waals surface area (Å²) in [7, 11) is 0. The van der Waals surface area contributed by atoms with Gasteiger partial charge in [-0.15, -0.1) is 0 Å². The molecule has 78 valence electrons. The minimum atomic E-state index is 0.513. The van der Waals surface area contributed by atoms with Gasteiger partial charge in [0.25, 0.3) is 0 Å². The molecule has 0 saturated heterocycles. The van der Waals surface area contributed by atoms with E-state index in [-0.39, 0.29) is 0 Å². The van der Waals surface area contributed by atoms with E-state index >= 15 is 0 Å². The molecule has 0 unspecified atom stereocenters. The lowest BCUT2D eigenvalue weighted by Gasteiger charge is -2.40. The Morgan fingerprint density at radius 2 is 1.79 bits per heavy atom. The fourth-order valence-electron chi connectivity index (χ4n) is 3.71. The van der Waals surface area contributed by atoms with Gasteiger partial charge in [-0.2, -0.15) is 0 Å². The Morgan fingerprint density at radius 3 is 2.36 bits per heavy atom. The Bertz CT molecular complexity index is 281. The first kappa shape index (κ1) is 10.0. The van der Waals surface area contributed by atoms with Gasteiger partial charge in [0.15, 0.2) is 0 Å². The minimum absolute atomic E-state index is 0.513. The third-order valence-corrected chi connectivity index (χ3v) is 4.46. The minimum Gasteiger partial charge on any atom is -0.0802 e. The SMILES string of the molecule is CC(C)C1(C(C)C)CCC2=C1CC=C2. The molecule has 0 heterocycles. The molecule has 0 aromatic heterocycles. The molecule has 0 fully saturated rings. The van der Waals surface area contributed by atoms with Gasteiger partial charge in [-0.05, 0) is 42.1 Å². The Kier molecular flexibility index (Phi) is 2.33. The van der Waals surface area contributed by atoms with E-state index < -0.39 is 0 Å². The average Bonchev–Trinajstić information content (AvgIpc) is 2.60. The monoisotopic (exact) mass is 190 g/mol. The second kappa shape index (κ2) is 3.25. The summed E-state index contributed by atoms with van der Waals surface area (Å²) < 4.78 is 0. The van der Waals surface area contributed by atoms with E-state index in [0.29, 0.717) is 5.41 Å². The van der Waals surface area contributed by atoms with Crippen LogP contribution in [0, 0.1) is 17.3 Å². The van der Waals surface area contributed by atoms with Gasteiger partial charge in [0.1, 0.15) is 0 Å². The molecule has 0 aromatic carbocycles. The van der Waals surface area contributed by atoms with Crippen LogP contribution in [-0.2, 0) is 0 Å². The van der Waals surface area contributed by atoms with Gasteiger partial charge in [-0.25, -0.2) is 0 Å². The zero-order chi connectivity index (χ0) is 10.3. The molecule has 2 rings (SSSR count). The summed E-state index contributed by atoms with van der Waals surface area (Å²) in [5, 5.41) is 0. The second-order valence-electron chi connectivity index (χ2n) is 5.46. The molecule has 14 heavy (non-hydrogen) atoms. The lowest BCUT2D eigenvalue weighted by molar-refractivity contribution is 0.159. The predicted octanol–water partition coefficient (Wildman–Crippen LogP) is 4.34. The highest BCUT2D eigenvalue weighted by Crippen LogP contribution is 2.56. The molecule has 0 nitrogen and oxygen atoms in total. The summed E-state index contributed by atoms with van der Waals surface area (Å²) in [5.41, 5.74) is 3.94. The van der Waals surface area contributed by atoms with Crippen molar-refractivity contribution in [2.45, 2.75) is 47.0 Å². The third-order valence-electron chi connectivity index (χ3n) is 4.46. The van der Waals surface area contributed by atoms with E-state index in [2.05, 4.69) is 39.8 Å². The van der Waals surface area contributed by atoms with Crippen molar-refractivity contribution in [1.29, 1.82) is 0 Å². The molecule has 0 N–H and O–H groups in total. The lowest BCUT2D eigenvalue weighted by atomic mass is 9.64. The van der Waals surface area contributed by atoms with Gasteiger partial charge in [0.05, 0.1) is 0 Å². The maximum Gasteiger partial charge on any atom is -0.00301 e. The van der Waals surface area contributed by atoms with Crippen LogP contribution in [0.5, 0.6) is 0 Å². The summed E-state index contributed by atoms with van der Waals surface area (Å²) in [6.07, 6.45) is 8.65. The molecule has 0 aliphatic heterocycles. The largest absolute Gasteiger partial charge is 0.0802 e. The smallest absolute Gasteiger partial charge is 0.00301 e. The van der Waals surface area contributed by atoms with Gasteiger partial charge in [-0.1, -0.05) is 45.4 Å². The molecular formula is C14H22. The predicted molar refractivity (Wildman–Crippen MR) is 62.1 cm³/mol. The maximum atomic E-state index is 2.40. The number of hydrogen-bond acceptors (Lipinski definition) is 0. The van der Waals surface area contributed by atoms with Gasteiger partial charge in [-0.3, -0.25) is 0 Å². The van der Waals surface area contributed by atoms with Gasteiger partial charge in [0, 0.05) is 0 Å². The summed E-state index contributed by atoms with van der Waals surface area (Å²) in [6, 6.07) is 0. The molecule has 0 atom stereocenters. The highest BCUT2D eigenvalue weighted by molar-refractivity contribution is 5.42. The number of rotatable bonds is 2. The first-order chi connectivity index (χ1) is 6.59. The molecule has 0 amide bonds. The van der Waals surface area contributed by atoms with E-state index in [0.717, 1.165) is 11.8 Å². The van der Waals surface area contributed by atoms with Crippen LogP contribution in [0.15, 0.2) is 23.3 Å². The van der Waals surface area contributed by atoms with Crippen molar-refractivity contribution in [3.05, 3.63) is 23.3 Å². The Labute approximate surface area is 88.1 Å². The Hall–Kier alpha value is -0.520. The van der Waals surface area contributed by atoms with Gasteiger partial charge >= 0.3 is 0 Å².